The van der Waals surface area contributed by atoms with Gasteiger partial charge in [-0.15, -0.1) is 0 Å². The lowest BCUT2D eigenvalue weighted by molar-refractivity contribution is -0.290. The molecule has 45 heavy (non-hydrogen) atoms. The molecule has 6 rings (SSSR count). The smallest absolute Gasteiger partial charge is 0.417 e. The van der Waals surface area contributed by atoms with Gasteiger partial charge in [-0.2, -0.15) is 13.2 Å². The average Bonchev–Trinajstić information content (AvgIpc) is 3.29. The van der Waals surface area contributed by atoms with Crippen LogP contribution in [0.15, 0.2) is 47.7 Å². The quantitative estimate of drug-likeness (QED) is 0.252. The number of aliphatic hydroxyl groups excluding tert-OH is 3. The third-order valence-electron chi connectivity index (χ3n) is 10.7. The zero-order chi connectivity index (χ0) is 32.9. The van der Waals surface area contributed by atoms with Crippen LogP contribution in [0.1, 0.15) is 32.3 Å². The minimum absolute atomic E-state index is 0.00857. The largest absolute Gasteiger partial charge is 0.504 e. The van der Waals surface area contributed by atoms with Crippen LogP contribution in [0.5, 0.6) is 0 Å². The monoisotopic (exact) mass is 636 g/mol. The Hall–Kier alpha value is -3.75. The normalized spacial score (nSPS) is 40.7. The molecule has 2 saturated carbocycles. The first-order valence-corrected chi connectivity index (χ1v) is 14.3. The second-order valence-electron chi connectivity index (χ2n) is 12.7. The fourth-order valence-corrected chi connectivity index (χ4v) is 9.08. The van der Waals surface area contributed by atoms with E-state index in [4.69, 9.17) is 18.9 Å². The van der Waals surface area contributed by atoms with Crippen molar-refractivity contribution in [1.82, 2.24) is 0 Å². The van der Waals surface area contributed by atoms with Crippen molar-refractivity contribution in [2.75, 3.05) is 13.7 Å². The highest BCUT2D eigenvalue weighted by Gasteiger charge is 2.85. The van der Waals surface area contributed by atoms with Gasteiger partial charge in [0, 0.05) is 23.8 Å². The molecule has 2 aliphatic heterocycles. The van der Waals surface area contributed by atoms with Crippen molar-refractivity contribution >= 4 is 29.3 Å². The second-order valence-corrected chi connectivity index (χ2v) is 12.7. The van der Waals surface area contributed by atoms with Crippen molar-refractivity contribution in [2.45, 2.75) is 62.9 Å². The molecular formula is C31H31F3O11. The number of Topliss-reactive ketones (excluding diaryl/α,β-unsaturated/α-hetero) is 1. The Labute approximate surface area is 254 Å². The number of ketones is 1. The second kappa shape index (κ2) is 10.1. The van der Waals surface area contributed by atoms with Gasteiger partial charge in [0.25, 0.3) is 0 Å². The van der Waals surface area contributed by atoms with Gasteiger partial charge in [0.05, 0.1) is 31.3 Å². The Kier molecular flexibility index (Phi) is 7.03. The van der Waals surface area contributed by atoms with E-state index in [-0.39, 0.29) is 24.5 Å². The number of carbonyl (C=O) groups excluding carboxylic acids is 4. The molecule has 3 aliphatic carbocycles. The van der Waals surface area contributed by atoms with Crippen LogP contribution >= 0.6 is 0 Å². The standard InChI is InChI=1S/C31H31F3O11/c1-13-15-9-18-29-12-43-30(27(41)42-3,25(39)21(38)23(29)28(15,2)11-17(35)20(13)37)24(29)22(26(40)44-18)45-19(36)10-16(31(32,33)34)14-7-5-4-6-8-14/h4-8,10,15,18,21-25,37-39H,9,11-12H2,1-3H3/b16-10-/t15-,18+,21+,22+,23+,24+,25?,28-,29+,30-/m0/s1. The maximum absolute atomic E-state index is 14.0. The number of benzene rings is 1. The summed E-state index contributed by atoms with van der Waals surface area (Å²) >= 11 is 0. The molecule has 1 aromatic carbocycles. The predicted octanol–water partition coefficient (Wildman–Crippen LogP) is 2.20. The number of hydrogen-bond donors (Lipinski definition) is 3. The summed E-state index contributed by atoms with van der Waals surface area (Å²) in [5.74, 6) is -8.44. The molecular weight excluding hydrogens is 605 g/mol. The van der Waals surface area contributed by atoms with E-state index in [9.17, 15) is 47.7 Å². The van der Waals surface area contributed by atoms with Gasteiger partial charge >= 0.3 is 24.1 Å². The zero-order valence-corrected chi connectivity index (χ0v) is 24.4. The summed E-state index contributed by atoms with van der Waals surface area (Å²) in [7, 11) is 0.976. The number of rotatable bonds is 4. The Morgan fingerprint density at radius 2 is 1.78 bits per heavy atom. The molecule has 1 aromatic rings. The minimum Gasteiger partial charge on any atom is -0.504 e. The van der Waals surface area contributed by atoms with Crippen LogP contribution in [-0.2, 0) is 38.1 Å². The average molecular weight is 637 g/mol. The number of allylic oxidation sites excluding steroid dienone is 3. The molecule has 5 aliphatic rings. The molecule has 1 unspecified atom stereocenters. The van der Waals surface area contributed by atoms with Gasteiger partial charge in [-0.25, -0.2) is 14.4 Å². The van der Waals surface area contributed by atoms with Crippen molar-refractivity contribution in [2.24, 2.45) is 28.6 Å². The van der Waals surface area contributed by atoms with Gasteiger partial charge in [-0.05, 0) is 35.8 Å². The number of alkyl halides is 3. The van der Waals surface area contributed by atoms with Gasteiger partial charge in [-0.1, -0.05) is 37.3 Å². The van der Waals surface area contributed by atoms with E-state index < -0.39 is 106 Å². The molecule has 11 nitrogen and oxygen atoms in total. The summed E-state index contributed by atoms with van der Waals surface area (Å²) in [6, 6.07) is 6.43. The van der Waals surface area contributed by atoms with E-state index in [1.165, 1.54) is 25.1 Å². The lowest BCUT2D eigenvalue weighted by atomic mass is 9.38. The maximum atomic E-state index is 14.0. The van der Waals surface area contributed by atoms with E-state index in [1.54, 1.807) is 6.92 Å². The Balaban J connectivity index is 1.50. The van der Waals surface area contributed by atoms with Gasteiger partial charge in [0.2, 0.25) is 11.7 Å². The number of hydrogen-bond acceptors (Lipinski definition) is 11. The van der Waals surface area contributed by atoms with E-state index in [0.29, 0.717) is 5.57 Å². The molecule has 0 amide bonds. The number of methoxy groups -OCH3 is 1. The fourth-order valence-electron chi connectivity index (χ4n) is 9.08. The number of ether oxygens (including phenoxy) is 4. The molecule has 4 fully saturated rings. The molecule has 2 bridgehead atoms. The number of fused-ring (bicyclic) bond motifs is 2. The van der Waals surface area contributed by atoms with E-state index in [2.05, 4.69) is 0 Å². The Morgan fingerprint density at radius 1 is 1.11 bits per heavy atom. The third kappa shape index (κ3) is 4.07. The van der Waals surface area contributed by atoms with Gasteiger partial charge in [0.15, 0.2) is 11.5 Å². The lowest BCUT2D eigenvalue weighted by Crippen LogP contribution is -2.79. The molecule has 1 spiro atoms. The summed E-state index contributed by atoms with van der Waals surface area (Å²) in [5.41, 5.74) is -6.66. The first kappa shape index (κ1) is 31.2. The Morgan fingerprint density at radius 3 is 2.40 bits per heavy atom. The molecule has 0 aromatic heterocycles. The van der Waals surface area contributed by atoms with Crippen LogP contribution in [0.25, 0.3) is 5.57 Å². The van der Waals surface area contributed by atoms with E-state index >= 15 is 0 Å². The molecule has 0 radical (unpaired) electrons. The van der Waals surface area contributed by atoms with Crippen LogP contribution < -0.4 is 0 Å². The van der Waals surface area contributed by atoms with Crippen LogP contribution in [0, 0.1) is 28.6 Å². The number of halogens is 3. The predicted molar refractivity (Wildman–Crippen MR) is 144 cm³/mol. The first-order valence-electron chi connectivity index (χ1n) is 14.3. The van der Waals surface area contributed by atoms with Crippen molar-refractivity contribution in [1.29, 1.82) is 0 Å². The molecule has 14 heteroatoms. The van der Waals surface area contributed by atoms with Crippen LogP contribution in [0.2, 0.25) is 0 Å². The van der Waals surface area contributed by atoms with Gasteiger partial charge < -0.3 is 34.3 Å². The maximum Gasteiger partial charge on any atom is 0.417 e. The van der Waals surface area contributed by atoms with Crippen LogP contribution in [0.3, 0.4) is 0 Å². The SMILES string of the molecule is COC(=O)[C@@]12OC[C@]34[C@H]([C@@H](O)C1O)[C@@]1(C)CC(=O)C(O)=C(C)[C@@H]1C[C@H]3OC(=O)[C@H](OC(=O)/C=C(/c1ccccc1)C(F)(F)F)[C@H]42. The summed E-state index contributed by atoms with van der Waals surface area (Å²) in [6.45, 7) is 2.79. The highest BCUT2D eigenvalue weighted by atomic mass is 19.4. The Bertz CT molecular complexity index is 1540. The molecule has 10 atom stereocenters. The van der Waals surface area contributed by atoms with Gasteiger partial charge in [0.1, 0.15) is 12.2 Å². The molecule has 3 N–H and O–H groups in total. The van der Waals surface area contributed by atoms with E-state index in [0.717, 1.165) is 19.2 Å². The third-order valence-corrected chi connectivity index (χ3v) is 10.7. The van der Waals surface area contributed by atoms with Crippen molar-refractivity contribution in [3.63, 3.8) is 0 Å². The summed E-state index contributed by atoms with van der Waals surface area (Å²) in [5, 5.41) is 33.8. The van der Waals surface area contributed by atoms with Gasteiger partial charge in [-0.3, -0.25) is 4.79 Å². The molecule has 242 valence electrons. The fraction of sp³-hybridized carbons (Fsp3) is 0.548. The summed E-state index contributed by atoms with van der Waals surface area (Å²) < 4.78 is 64.2. The molecule has 2 heterocycles. The summed E-state index contributed by atoms with van der Waals surface area (Å²) in [4.78, 5) is 53.2. The van der Waals surface area contributed by atoms with Crippen molar-refractivity contribution in [3.05, 3.63) is 53.3 Å². The molecule has 2 saturated heterocycles. The first-order chi connectivity index (χ1) is 21.1. The number of aliphatic hydroxyl groups is 3. The van der Waals surface area contributed by atoms with Crippen molar-refractivity contribution < 1.29 is 66.6 Å². The zero-order valence-electron chi connectivity index (χ0n) is 24.4. The topological polar surface area (TPSA) is 166 Å². The highest BCUT2D eigenvalue weighted by molar-refractivity contribution is 5.96. The van der Waals surface area contributed by atoms with Crippen LogP contribution in [0.4, 0.5) is 13.2 Å². The number of carbonyl (C=O) groups is 4. The van der Waals surface area contributed by atoms with E-state index in [1.807, 2.05) is 0 Å². The number of esters is 3. The highest BCUT2D eigenvalue weighted by Crippen LogP contribution is 2.72. The van der Waals surface area contributed by atoms with Crippen LogP contribution in [-0.4, -0.2) is 88.9 Å². The lowest BCUT2D eigenvalue weighted by Gasteiger charge is -2.67. The summed E-state index contributed by atoms with van der Waals surface area (Å²) in [6.07, 6.45) is -12.2. The van der Waals surface area contributed by atoms with Crippen molar-refractivity contribution in [3.8, 4) is 0 Å². The minimum atomic E-state index is -5.00.